The van der Waals surface area contributed by atoms with Gasteiger partial charge in [0, 0.05) is 24.9 Å². The molecule has 0 aliphatic heterocycles. The highest BCUT2D eigenvalue weighted by molar-refractivity contribution is 5.94. The third kappa shape index (κ3) is 10.3. The molecule has 0 fully saturated rings. The number of H-pyrrole nitrogens is 1. The molecule has 1 aromatic rings. The summed E-state index contributed by atoms with van der Waals surface area (Å²) in [5.41, 5.74) is 17.0. The molecule has 5 unspecified atom stereocenters. The van der Waals surface area contributed by atoms with E-state index in [0.717, 1.165) is 0 Å². The minimum absolute atomic E-state index is 0.0449. The number of imidazole rings is 1. The lowest BCUT2D eigenvalue weighted by molar-refractivity contribution is -0.142. The molecular weight excluding hydrogens is 474 g/mol. The Morgan fingerprint density at radius 1 is 1.08 bits per heavy atom. The summed E-state index contributed by atoms with van der Waals surface area (Å²) in [6.45, 7) is 3.04. The van der Waals surface area contributed by atoms with Gasteiger partial charge in [0.1, 0.15) is 18.1 Å². The van der Waals surface area contributed by atoms with E-state index in [9.17, 15) is 29.4 Å². The number of aromatic amines is 1. The molecule has 15 nitrogen and oxygen atoms in total. The van der Waals surface area contributed by atoms with Crippen LogP contribution in [0.25, 0.3) is 0 Å². The number of guanidine groups is 1. The van der Waals surface area contributed by atoms with Crippen LogP contribution >= 0.6 is 0 Å². The number of nitrogens with one attached hydrogen (secondary N) is 4. The van der Waals surface area contributed by atoms with Crippen molar-refractivity contribution >= 4 is 29.7 Å². The minimum atomic E-state index is -1.37. The first-order valence-electron chi connectivity index (χ1n) is 11.5. The predicted octanol–water partition coefficient (Wildman–Crippen LogP) is -3.09. The molecule has 0 aliphatic carbocycles. The zero-order valence-corrected chi connectivity index (χ0v) is 20.4. The van der Waals surface area contributed by atoms with Gasteiger partial charge in [-0.1, -0.05) is 20.3 Å². The van der Waals surface area contributed by atoms with E-state index in [1.165, 1.54) is 12.5 Å². The smallest absolute Gasteiger partial charge is 0.326 e. The number of hydrogen-bond acceptors (Lipinski definition) is 8. The quantitative estimate of drug-likeness (QED) is 0.0613. The van der Waals surface area contributed by atoms with E-state index < -0.39 is 54.5 Å². The lowest BCUT2D eigenvalue weighted by Crippen LogP contribution is -2.58. The first-order valence-corrected chi connectivity index (χ1v) is 11.5. The second-order valence-corrected chi connectivity index (χ2v) is 8.35. The van der Waals surface area contributed by atoms with Gasteiger partial charge >= 0.3 is 5.97 Å². The van der Waals surface area contributed by atoms with Crippen LogP contribution in [0.4, 0.5) is 0 Å². The number of carbonyl (C=O) groups is 4. The standard InChI is InChI=1S/C21H37N9O6/c1-3-11(2)16(22)19(34)30-15(9-31)18(33)28-13(5-4-6-26-21(23)24)17(32)29-14(20(35)36)7-12-8-25-10-27-12/h8,10-11,13-16,31H,3-7,9,22H2,1-2H3,(H,25,27)(H,28,33)(H,29,32)(H,30,34)(H,35,36)(H4,23,24,26). The second kappa shape index (κ2) is 15.3. The maximum Gasteiger partial charge on any atom is 0.326 e. The summed E-state index contributed by atoms with van der Waals surface area (Å²) < 4.78 is 0. The number of nitrogens with two attached hydrogens (primary N) is 3. The van der Waals surface area contributed by atoms with Crippen molar-refractivity contribution in [1.29, 1.82) is 0 Å². The van der Waals surface area contributed by atoms with Crippen LogP contribution in [0.5, 0.6) is 0 Å². The van der Waals surface area contributed by atoms with Crippen LogP contribution in [0.1, 0.15) is 38.8 Å². The maximum atomic E-state index is 12.9. The van der Waals surface area contributed by atoms with Gasteiger partial charge in [0.2, 0.25) is 17.7 Å². The van der Waals surface area contributed by atoms with E-state index >= 15 is 0 Å². The summed E-state index contributed by atoms with van der Waals surface area (Å²) in [6, 6.07) is -4.78. The average Bonchev–Trinajstić information content (AvgIpc) is 3.35. The van der Waals surface area contributed by atoms with Gasteiger partial charge in [-0.25, -0.2) is 9.78 Å². The van der Waals surface area contributed by atoms with E-state index in [1.54, 1.807) is 6.92 Å². The third-order valence-electron chi connectivity index (χ3n) is 5.55. The van der Waals surface area contributed by atoms with Crippen molar-refractivity contribution in [2.24, 2.45) is 28.1 Å². The number of carboxylic acids is 1. The number of aliphatic hydroxyl groups is 1. The molecule has 0 aliphatic rings. The van der Waals surface area contributed by atoms with Crippen LogP contribution in [0.3, 0.4) is 0 Å². The molecule has 0 spiro atoms. The van der Waals surface area contributed by atoms with Gasteiger partial charge < -0.3 is 48.3 Å². The SMILES string of the molecule is CCC(C)C(N)C(=O)NC(CO)C(=O)NC(CCCN=C(N)N)C(=O)NC(Cc1cnc[nH]1)C(=O)O. The molecule has 1 heterocycles. The average molecular weight is 512 g/mol. The van der Waals surface area contributed by atoms with Crippen molar-refractivity contribution in [1.82, 2.24) is 25.9 Å². The predicted molar refractivity (Wildman–Crippen MR) is 130 cm³/mol. The molecule has 0 bridgehead atoms. The van der Waals surface area contributed by atoms with E-state index in [1.807, 2.05) is 6.92 Å². The van der Waals surface area contributed by atoms with E-state index in [2.05, 4.69) is 30.9 Å². The summed E-state index contributed by atoms with van der Waals surface area (Å²) in [7, 11) is 0. The number of amides is 3. The normalized spacial score (nSPS) is 15.0. The van der Waals surface area contributed by atoms with Gasteiger partial charge in [-0.3, -0.25) is 19.4 Å². The first-order chi connectivity index (χ1) is 17.0. The lowest BCUT2D eigenvalue weighted by atomic mass is 9.99. The fourth-order valence-corrected chi connectivity index (χ4v) is 3.11. The van der Waals surface area contributed by atoms with Crippen molar-refractivity contribution in [3.8, 4) is 0 Å². The van der Waals surface area contributed by atoms with E-state index in [4.69, 9.17) is 17.2 Å². The summed E-state index contributed by atoms with van der Waals surface area (Å²) in [5.74, 6) is -3.85. The lowest BCUT2D eigenvalue weighted by Gasteiger charge is -2.25. The Bertz CT molecular complexity index is 888. The first kappa shape index (κ1) is 30.3. The fraction of sp³-hybridized carbons (Fsp3) is 0.619. The van der Waals surface area contributed by atoms with Gasteiger partial charge in [-0.2, -0.15) is 0 Å². The second-order valence-electron chi connectivity index (χ2n) is 8.35. The highest BCUT2D eigenvalue weighted by atomic mass is 16.4. The Kier molecular flexibility index (Phi) is 12.9. The number of carboxylic acid groups (broad SMARTS) is 1. The summed E-state index contributed by atoms with van der Waals surface area (Å²) in [5, 5.41) is 26.4. The van der Waals surface area contributed by atoms with Gasteiger partial charge in [-0.15, -0.1) is 0 Å². The molecule has 0 radical (unpaired) electrons. The van der Waals surface area contributed by atoms with Crippen LogP contribution in [0.15, 0.2) is 17.5 Å². The molecule has 1 rings (SSSR count). The highest BCUT2D eigenvalue weighted by Gasteiger charge is 2.30. The van der Waals surface area contributed by atoms with Gasteiger partial charge in [0.25, 0.3) is 0 Å². The van der Waals surface area contributed by atoms with Crippen molar-refractivity contribution in [3.05, 3.63) is 18.2 Å². The Morgan fingerprint density at radius 2 is 1.69 bits per heavy atom. The Morgan fingerprint density at radius 3 is 2.22 bits per heavy atom. The van der Waals surface area contributed by atoms with Crippen molar-refractivity contribution in [2.75, 3.05) is 13.2 Å². The molecule has 0 saturated heterocycles. The maximum absolute atomic E-state index is 12.9. The largest absolute Gasteiger partial charge is 0.480 e. The molecular formula is C21H37N9O6. The van der Waals surface area contributed by atoms with Gasteiger partial charge in [-0.05, 0) is 18.8 Å². The van der Waals surface area contributed by atoms with Crippen LogP contribution in [0, 0.1) is 5.92 Å². The molecule has 36 heavy (non-hydrogen) atoms. The number of nitrogens with zero attached hydrogens (tertiary/aromatic N) is 2. The molecule has 12 N–H and O–H groups in total. The van der Waals surface area contributed by atoms with E-state index in [-0.39, 0.29) is 37.7 Å². The molecule has 3 amide bonds. The van der Waals surface area contributed by atoms with Crippen LogP contribution in [-0.4, -0.2) is 87.2 Å². The van der Waals surface area contributed by atoms with Crippen LogP contribution < -0.4 is 33.2 Å². The fourth-order valence-electron chi connectivity index (χ4n) is 3.11. The van der Waals surface area contributed by atoms with Gasteiger partial charge in [0.15, 0.2) is 5.96 Å². The van der Waals surface area contributed by atoms with Crippen LogP contribution in [-0.2, 0) is 25.6 Å². The summed E-state index contributed by atoms with van der Waals surface area (Å²) >= 11 is 0. The number of hydrogen-bond donors (Lipinski definition) is 9. The molecule has 1 aromatic heterocycles. The molecule has 15 heteroatoms. The van der Waals surface area contributed by atoms with Gasteiger partial charge in [0.05, 0.1) is 19.0 Å². The minimum Gasteiger partial charge on any atom is -0.480 e. The Balaban J connectivity index is 2.95. The van der Waals surface area contributed by atoms with E-state index in [0.29, 0.717) is 12.1 Å². The Hall–Kier alpha value is -3.72. The molecule has 0 saturated carbocycles. The topological polar surface area (TPSA) is 264 Å². The summed E-state index contributed by atoms with van der Waals surface area (Å²) in [4.78, 5) is 60.2. The zero-order chi connectivity index (χ0) is 27.3. The Labute approximate surface area is 208 Å². The van der Waals surface area contributed by atoms with Crippen molar-refractivity contribution in [2.45, 2.75) is 63.7 Å². The number of aromatic nitrogens is 2. The van der Waals surface area contributed by atoms with Crippen molar-refractivity contribution in [3.63, 3.8) is 0 Å². The van der Waals surface area contributed by atoms with Crippen LogP contribution in [0.2, 0.25) is 0 Å². The highest BCUT2D eigenvalue weighted by Crippen LogP contribution is 2.07. The number of aliphatic hydroxyl groups excluding tert-OH is 1. The third-order valence-corrected chi connectivity index (χ3v) is 5.55. The number of rotatable bonds is 16. The number of carbonyl (C=O) groups excluding carboxylic acids is 3. The number of aliphatic imine (C=N–C) groups is 1. The van der Waals surface area contributed by atoms with Crippen molar-refractivity contribution < 1.29 is 29.4 Å². The zero-order valence-electron chi connectivity index (χ0n) is 20.4. The molecule has 202 valence electrons. The summed E-state index contributed by atoms with van der Waals surface area (Å²) in [6.07, 6.45) is 3.67. The molecule has 5 atom stereocenters. The monoisotopic (exact) mass is 511 g/mol. The number of aliphatic carboxylic acids is 1. The molecule has 0 aromatic carbocycles.